The highest BCUT2D eigenvalue weighted by molar-refractivity contribution is 6.33. The Morgan fingerprint density at radius 1 is 1.25 bits per heavy atom. The van der Waals surface area contributed by atoms with Crippen LogP contribution in [0, 0.1) is 5.82 Å². The SMILES string of the molecule is Cl.OCC[C@H](c1c(Cl)ccc(Cl)c1F)N1CCNCC1. The molecule has 2 N–H and O–H groups in total. The molecule has 0 radical (unpaired) electrons. The molecule has 0 amide bonds. The summed E-state index contributed by atoms with van der Waals surface area (Å²) in [7, 11) is 0. The Kier molecular flexibility index (Phi) is 7.51. The minimum atomic E-state index is -0.480. The van der Waals surface area contributed by atoms with E-state index in [2.05, 4.69) is 10.2 Å². The van der Waals surface area contributed by atoms with E-state index in [1.165, 1.54) is 6.07 Å². The standard InChI is InChI=1S/C13H17Cl2FN2O.ClH/c14-9-1-2-10(15)13(16)12(9)11(3-8-19)18-6-4-17-5-7-18;/h1-2,11,17,19H,3-8H2;1H/t11-;/m1./s1. The van der Waals surface area contributed by atoms with Crippen LogP contribution in [0.4, 0.5) is 4.39 Å². The second-order valence-electron chi connectivity index (χ2n) is 4.57. The van der Waals surface area contributed by atoms with Crippen LogP contribution >= 0.6 is 35.6 Å². The van der Waals surface area contributed by atoms with Crippen molar-refractivity contribution < 1.29 is 9.50 Å². The largest absolute Gasteiger partial charge is 0.396 e. The van der Waals surface area contributed by atoms with Gasteiger partial charge in [-0.1, -0.05) is 23.2 Å². The number of piperazine rings is 1. The number of nitrogens with zero attached hydrogens (tertiary/aromatic N) is 1. The van der Waals surface area contributed by atoms with Gasteiger partial charge in [-0.15, -0.1) is 12.4 Å². The molecule has 0 aliphatic carbocycles. The maximum atomic E-state index is 14.3. The highest BCUT2D eigenvalue weighted by atomic mass is 35.5. The molecule has 20 heavy (non-hydrogen) atoms. The average Bonchev–Trinajstić information content (AvgIpc) is 2.43. The van der Waals surface area contributed by atoms with E-state index < -0.39 is 5.82 Å². The third kappa shape index (κ3) is 3.97. The summed E-state index contributed by atoms with van der Waals surface area (Å²) >= 11 is 12.0. The molecule has 1 aliphatic heterocycles. The Bertz CT molecular complexity index is 442. The van der Waals surface area contributed by atoms with Crippen LogP contribution in [0.25, 0.3) is 0 Å². The van der Waals surface area contributed by atoms with Crippen LogP contribution in [0.15, 0.2) is 12.1 Å². The predicted octanol–water partition coefficient (Wildman–Crippen LogP) is 2.88. The van der Waals surface area contributed by atoms with Crippen LogP contribution < -0.4 is 5.32 Å². The fourth-order valence-corrected chi connectivity index (χ4v) is 2.91. The first kappa shape index (κ1) is 18.0. The first-order valence-electron chi connectivity index (χ1n) is 6.34. The van der Waals surface area contributed by atoms with E-state index in [4.69, 9.17) is 23.2 Å². The monoisotopic (exact) mass is 342 g/mol. The van der Waals surface area contributed by atoms with Crippen molar-refractivity contribution in [2.75, 3.05) is 32.8 Å². The van der Waals surface area contributed by atoms with Crippen molar-refractivity contribution in [3.05, 3.63) is 33.6 Å². The van der Waals surface area contributed by atoms with Crippen molar-refractivity contribution in [1.82, 2.24) is 10.2 Å². The van der Waals surface area contributed by atoms with Gasteiger partial charge < -0.3 is 10.4 Å². The molecule has 1 heterocycles. The fraction of sp³-hybridized carbons (Fsp3) is 0.538. The van der Waals surface area contributed by atoms with Gasteiger partial charge in [0.05, 0.1) is 5.02 Å². The van der Waals surface area contributed by atoms with Crippen molar-refractivity contribution in [3.63, 3.8) is 0 Å². The number of aliphatic hydroxyl groups excluding tert-OH is 1. The summed E-state index contributed by atoms with van der Waals surface area (Å²) in [4.78, 5) is 2.13. The van der Waals surface area contributed by atoms with Gasteiger partial charge >= 0.3 is 0 Å². The predicted molar refractivity (Wildman–Crippen MR) is 82.6 cm³/mol. The lowest BCUT2D eigenvalue weighted by Crippen LogP contribution is -2.45. The van der Waals surface area contributed by atoms with Crippen molar-refractivity contribution in [2.45, 2.75) is 12.5 Å². The topological polar surface area (TPSA) is 35.5 Å². The van der Waals surface area contributed by atoms with Gasteiger partial charge in [-0.2, -0.15) is 0 Å². The van der Waals surface area contributed by atoms with Crippen molar-refractivity contribution in [2.24, 2.45) is 0 Å². The third-order valence-electron chi connectivity index (χ3n) is 3.41. The maximum Gasteiger partial charge on any atom is 0.148 e. The van der Waals surface area contributed by atoms with Crippen molar-refractivity contribution in [3.8, 4) is 0 Å². The molecular formula is C13H18Cl3FN2O. The quantitative estimate of drug-likeness (QED) is 0.825. The molecule has 0 aromatic heterocycles. The van der Waals surface area contributed by atoms with Gasteiger partial charge in [0.1, 0.15) is 5.82 Å². The third-order valence-corrected chi connectivity index (χ3v) is 4.03. The van der Waals surface area contributed by atoms with E-state index in [1.54, 1.807) is 6.07 Å². The van der Waals surface area contributed by atoms with Crippen LogP contribution in [-0.4, -0.2) is 42.8 Å². The van der Waals surface area contributed by atoms with Gasteiger partial charge in [0.25, 0.3) is 0 Å². The van der Waals surface area contributed by atoms with Crippen molar-refractivity contribution >= 4 is 35.6 Å². The lowest BCUT2D eigenvalue weighted by atomic mass is 10.0. The molecule has 7 heteroatoms. The van der Waals surface area contributed by atoms with Crippen LogP contribution in [-0.2, 0) is 0 Å². The van der Waals surface area contributed by atoms with Gasteiger partial charge in [-0.3, -0.25) is 4.90 Å². The minimum Gasteiger partial charge on any atom is -0.396 e. The number of aliphatic hydroxyl groups is 1. The Hall–Kier alpha value is -0.100. The van der Waals surface area contributed by atoms with Gasteiger partial charge in [0.15, 0.2) is 0 Å². The average molecular weight is 344 g/mol. The van der Waals surface area contributed by atoms with Crippen LogP contribution in [0.5, 0.6) is 0 Å². The molecule has 0 bridgehead atoms. The molecular weight excluding hydrogens is 326 g/mol. The normalized spacial score (nSPS) is 17.6. The van der Waals surface area contributed by atoms with E-state index in [1.807, 2.05) is 0 Å². The molecule has 1 aromatic carbocycles. The van der Waals surface area contributed by atoms with Crippen molar-refractivity contribution in [1.29, 1.82) is 0 Å². The molecule has 1 saturated heterocycles. The molecule has 0 spiro atoms. The second kappa shape index (κ2) is 8.37. The lowest BCUT2D eigenvalue weighted by molar-refractivity contribution is 0.138. The van der Waals surface area contributed by atoms with Crippen LogP contribution in [0.3, 0.4) is 0 Å². The minimum absolute atomic E-state index is 0. The van der Waals surface area contributed by atoms with Gasteiger partial charge in [0.2, 0.25) is 0 Å². The number of benzene rings is 1. The van der Waals surface area contributed by atoms with E-state index in [0.29, 0.717) is 17.0 Å². The van der Waals surface area contributed by atoms with Gasteiger partial charge in [-0.25, -0.2) is 4.39 Å². The Morgan fingerprint density at radius 3 is 2.45 bits per heavy atom. The zero-order valence-electron chi connectivity index (χ0n) is 10.9. The zero-order chi connectivity index (χ0) is 13.8. The van der Waals surface area contributed by atoms with Crippen LogP contribution in [0.2, 0.25) is 10.0 Å². The molecule has 1 fully saturated rings. The fourth-order valence-electron chi connectivity index (χ4n) is 2.47. The molecule has 2 rings (SSSR count). The summed E-state index contributed by atoms with van der Waals surface area (Å²) in [6, 6.07) is 2.82. The number of hydrogen-bond acceptors (Lipinski definition) is 3. The first-order chi connectivity index (χ1) is 9.15. The summed E-state index contributed by atoms with van der Waals surface area (Å²) in [6.07, 6.45) is 0.441. The summed E-state index contributed by atoms with van der Waals surface area (Å²) in [6.45, 7) is 3.28. The second-order valence-corrected chi connectivity index (χ2v) is 5.39. The molecule has 1 aromatic rings. The molecule has 3 nitrogen and oxygen atoms in total. The number of hydrogen-bond donors (Lipinski definition) is 2. The Morgan fingerprint density at radius 2 is 1.85 bits per heavy atom. The van der Waals surface area contributed by atoms with E-state index in [0.717, 1.165) is 26.2 Å². The Labute approximate surface area is 134 Å². The maximum absolute atomic E-state index is 14.3. The van der Waals surface area contributed by atoms with Gasteiger partial charge in [0, 0.05) is 49.4 Å². The molecule has 0 saturated carbocycles. The van der Waals surface area contributed by atoms with E-state index in [-0.39, 0.29) is 30.1 Å². The first-order valence-corrected chi connectivity index (χ1v) is 7.09. The molecule has 114 valence electrons. The highest BCUT2D eigenvalue weighted by Crippen LogP contribution is 2.35. The molecule has 1 aliphatic rings. The number of halogens is 4. The smallest absolute Gasteiger partial charge is 0.148 e. The van der Waals surface area contributed by atoms with Gasteiger partial charge in [-0.05, 0) is 18.6 Å². The summed E-state index contributed by atoms with van der Waals surface area (Å²) in [5.41, 5.74) is 0.394. The Balaban J connectivity index is 0.00000200. The molecule has 1 atom stereocenters. The summed E-state index contributed by atoms with van der Waals surface area (Å²) in [5.74, 6) is -0.480. The number of nitrogens with one attached hydrogen (secondary N) is 1. The zero-order valence-corrected chi connectivity index (χ0v) is 13.2. The summed E-state index contributed by atoms with van der Waals surface area (Å²) in [5, 5.41) is 12.9. The molecule has 0 unspecified atom stereocenters. The number of rotatable bonds is 4. The lowest BCUT2D eigenvalue weighted by Gasteiger charge is -2.35. The highest BCUT2D eigenvalue weighted by Gasteiger charge is 2.27. The van der Waals surface area contributed by atoms with Crippen LogP contribution in [0.1, 0.15) is 18.0 Å². The van der Waals surface area contributed by atoms with E-state index in [9.17, 15) is 9.50 Å². The summed E-state index contributed by atoms with van der Waals surface area (Å²) < 4.78 is 14.3. The van der Waals surface area contributed by atoms with E-state index >= 15 is 0 Å².